The molecule has 1 amide bonds. The Bertz CT molecular complexity index is 862. The second kappa shape index (κ2) is 11.5. The van der Waals surface area contributed by atoms with Gasteiger partial charge >= 0.3 is 0 Å². The largest absolute Gasteiger partial charge is 0.359 e. The molecule has 0 bridgehead atoms. The number of hydrogen-bond acceptors (Lipinski definition) is 4. The van der Waals surface area contributed by atoms with Crippen LogP contribution in [0.3, 0.4) is 0 Å². The third-order valence-corrected chi connectivity index (χ3v) is 4.45. The summed E-state index contributed by atoms with van der Waals surface area (Å²) in [7, 11) is 0. The maximum atomic E-state index is 12.2. The summed E-state index contributed by atoms with van der Waals surface area (Å²) in [6.07, 6.45) is 7.44. The van der Waals surface area contributed by atoms with Gasteiger partial charge in [-0.3, -0.25) is 4.79 Å². The molecule has 2 rings (SSSR count). The topological polar surface area (TPSA) is 91.5 Å². The molecule has 0 aliphatic carbocycles. The Morgan fingerprint density at radius 2 is 2.03 bits per heavy atom. The summed E-state index contributed by atoms with van der Waals surface area (Å²) in [5.74, 6) is 3.98. The molecule has 7 nitrogen and oxygen atoms in total. The third kappa shape index (κ3) is 7.00. The number of carbonyl (C=O) groups is 1. The zero-order chi connectivity index (χ0) is 21.1. The lowest BCUT2D eigenvalue weighted by atomic mass is 9.99. The van der Waals surface area contributed by atoms with Gasteiger partial charge < -0.3 is 20.5 Å². The van der Waals surface area contributed by atoms with Crippen molar-refractivity contribution < 1.29 is 9.32 Å². The molecule has 2 aromatic rings. The highest BCUT2D eigenvalue weighted by Crippen LogP contribution is 2.22. The number of benzene rings is 1. The fourth-order valence-corrected chi connectivity index (χ4v) is 2.86. The summed E-state index contributed by atoms with van der Waals surface area (Å²) < 4.78 is 5.41. The number of terminal acetylenes is 1. The average molecular weight is 396 g/mol. The van der Waals surface area contributed by atoms with Crippen molar-refractivity contribution in [2.45, 2.75) is 46.1 Å². The predicted molar refractivity (Wildman–Crippen MR) is 116 cm³/mol. The van der Waals surface area contributed by atoms with E-state index in [9.17, 15) is 4.79 Å². The second-order valence-electron chi connectivity index (χ2n) is 6.55. The summed E-state index contributed by atoms with van der Waals surface area (Å²) in [4.78, 5) is 16.5. The van der Waals surface area contributed by atoms with Gasteiger partial charge in [0.2, 0.25) is 5.91 Å². The zero-order valence-corrected chi connectivity index (χ0v) is 17.3. The van der Waals surface area contributed by atoms with E-state index in [1.165, 1.54) is 0 Å². The molecule has 0 aliphatic heterocycles. The number of amides is 1. The molecule has 1 aromatic heterocycles. The molecular formula is C22H29N5O2. The first-order valence-electron chi connectivity index (χ1n) is 9.93. The number of guanidine groups is 1. The molecule has 0 unspecified atom stereocenters. The fraction of sp³-hybridized carbons (Fsp3) is 0.409. The first kappa shape index (κ1) is 22.0. The van der Waals surface area contributed by atoms with Gasteiger partial charge in [0, 0.05) is 29.8 Å². The molecule has 154 valence electrons. The van der Waals surface area contributed by atoms with Crippen LogP contribution in [0.4, 0.5) is 5.69 Å². The minimum atomic E-state index is -0.230. The van der Waals surface area contributed by atoms with Crippen molar-refractivity contribution in [3.63, 3.8) is 0 Å². The Kier molecular flexibility index (Phi) is 8.77. The lowest BCUT2D eigenvalue weighted by Crippen LogP contribution is -2.37. The van der Waals surface area contributed by atoms with E-state index in [2.05, 4.69) is 45.9 Å². The molecule has 0 saturated carbocycles. The number of nitrogens with zero attached hydrogens (tertiary/aromatic N) is 2. The molecule has 0 fully saturated rings. The molecular weight excluding hydrogens is 366 g/mol. The van der Waals surface area contributed by atoms with Gasteiger partial charge in [0.05, 0.1) is 12.2 Å². The number of hydrogen-bond donors (Lipinski definition) is 3. The number of carbonyl (C=O) groups excluding carboxylic acids is 1. The van der Waals surface area contributed by atoms with Gasteiger partial charge in [-0.05, 0) is 38.0 Å². The molecule has 1 heterocycles. The smallest absolute Gasteiger partial charge is 0.246 e. The summed E-state index contributed by atoms with van der Waals surface area (Å²) >= 11 is 0. The second-order valence-corrected chi connectivity index (χ2v) is 6.55. The maximum absolute atomic E-state index is 12.2. The highest BCUT2D eigenvalue weighted by molar-refractivity contribution is 5.94. The van der Waals surface area contributed by atoms with E-state index in [1.807, 2.05) is 13.0 Å². The molecule has 7 heteroatoms. The van der Waals surface area contributed by atoms with Gasteiger partial charge in [-0.25, -0.2) is 4.99 Å². The molecule has 0 saturated heterocycles. The van der Waals surface area contributed by atoms with Gasteiger partial charge in [0.25, 0.3) is 0 Å². The summed E-state index contributed by atoms with van der Waals surface area (Å²) in [5, 5.41) is 13.2. The minimum absolute atomic E-state index is 0.0228. The number of nitrogens with one attached hydrogen (secondary N) is 3. The quantitative estimate of drug-likeness (QED) is 0.344. The van der Waals surface area contributed by atoms with Crippen LogP contribution in [0.15, 0.2) is 39.8 Å². The average Bonchev–Trinajstić information content (AvgIpc) is 3.20. The molecule has 0 atom stereocenters. The van der Waals surface area contributed by atoms with E-state index in [-0.39, 0.29) is 12.5 Å². The minimum Gasteiger partial charge on any atom is -0.359 e. The van der Waals surface area contributed by atoms with Crippen molar-refractivity contribution in [3.05, 3.63) is 47.3 Å². The van der Waals surface area contributed by atoms with Gasteiger partial charge in [0.15, 0.2) is 11.7 Å². The van der Waals surface area contributed by atoms with Crippen LogP contribution >= 0.6 is 0 Å². The van der Waals surface area contributed by atoms with E-state index in [4.69, 9.17) is 10.9 Å². The first-order valence-corrected chi connectivity index (χ1v) is 9.93. The van der Waals surface area contributed by atoms with Gasteiger partial charge in [-0.15, -0.1) is 6.42 Å². The Morgan fingerprint density at radius 1 is 1.24 bits per heavy atom. The van der Waals surface area contributed by atoms with Crippen molar-refractivity contribution in [1.82, 2.24) is 15.8 Å². The number of rotatable bonds is 9. The number of aliphatic imine (C=N–C) groups is 1. The molecule has 29 heavy (non-hydrogen) atoms. The van der Waals surface area contributed by atoms with E-state index in [0.29, 0.717) is 36.2 Å². The molecule has 0 radical (unpaired) electrons. The van der Waals surface area contributed by atoms with Crippen LogP contribution in [0.5, 0.6) is 0 Å². The zero-order valence-electron chi connectivity index (χ0n) is 17.3. The summed E-state index contributed by atoms with van der Waals surface area (Å²) in [6.45, 7) is 7.33. The van der Waals surface area contributed by atoms with Crippen molar-refractivity contribution >= 4 is 17.6 Å². The van der Waals surface area contributed by atoms with Crippen molar-refractivity contribution in [1.29, 1.82) is 0 Å². The fourth-order valence-electron chi connectivity index (χ4n) is 2.86. The maximum Gasteiger partial charge on any atom is 0.246 e. The predicted octanol–water partition coefficient (Wildman–Crippen LogP) is 3.25. The van der Waals surface area contributed by atoms with Crippen LogP contribution in [-0.2, 0) is 11.3 Å². The van der Waals surface area contributed by atoms with Crippen LogP contribution in [0.25, 0.3) is 0 Å². The van der Waals surface area contributed by atoms with Gasteiger partial charge in [0.1, 0.15) is 6.54 Å². The first-order chi connectivity index (χ1) is 14.1. The lowest BCUT2D eigenvalue weighted by molar-refractivity contribution is -0.114. The Hall–Kier alpha value is -3.27. The van der Waals surface area contributed by atoms with E-state index < -0.39 is 0 Å². The third-order valence-electron chi connectivity index (χ3n) is 4.45. The lowest BCUT2D eigenvalue weighted by Gasteiger charge is -2.10. The monoisotopic (exact) mass is 395 g/mol. The van der Waals surface area contributed by atoms with Crippen molar-refractivity contribution in [3.8, 4) is 12.3 Å². The van der Waals surface area contributed by atoms with Gasteiger partial charge in [-0.1, -0.05) is 31.0 Å². The molecule has 0 aliphatic rings. The van der Waals surface area contributed by atoms with Crippen LogP contribution in [-0.4, -0.2) is 30.1 Å². The normalized spacial score (nSPS) is 11.2. The Balaban J connectivity index is 1.92. The van der Waals surface area contributed by atoms with Crippen LogP contribution < -0.4 is 16.0 Å². The van der Waals surface area contributed by atoms with Crippen LogP contribution in [0.2, 0.25) is 0 Å². The highest BCUT2D eigenvalue weighted by Gasteiger charge is 2.13. The van der Waals surface area contributed by atoms with Crippen molar-refractivity contribution in [2.75, 3.05) is 18.4 Å². The van der Waals surface area contributed by atoms with Crippen molar-refractivity contribution in [2.24, 2.45) is 4.99 Å². The highest BCUT2D eigenvalue weighted by atomic mass is 16.5. The molecule has 0 spiro atoms. The Morgan fingerprint density at radius 3 is 2.72 bits per heavy atom. The molecule has 1 aromatic carbocycles. The standard InChI is InChI=1S/C22H29N5O2/c1-5-16-10-9-11-18(12-16)26-21(28)15-25-22(23-8-4)24-14-19-13-20(27-29-19)17(6-2)7-3/h1,9-13,17H,6-8,14-15H2,2-4H3,(H,26,28)(H2,23,24,25). The van der Waals surface area contributed by atoms with Crippen LogP contribution in [0, 0.1) is 12.3 Å². The van der Waals surface area contributed by atoms with Crippen LogP contribution in [0.1, 0.15) is 56.5 Å². The molecule has 3 N–H and O–H groups in total. The SMILES string of the molecule is C#Cc1cccc(NC(=O)CN=C(NCC)NCc2cc(C(CC)CC)no2)c1. The van der Waals surface area contributed by atoms with Gasteiger partial charge in [-0.2, -0.15) is 0 Å². The summed E-state index contributed by atoms with van der Waals surface area (Å²) in [5.41, 5.74) is 2.33. The summed E-state index contributed by atoms with van der Waals surface area (Å²) in [6, 6.07) is 9.10. The number of aromatic nitrogens is 1. The van der Waals surface area contributed by atoms with E-state index in [0.717, 1.165) is 24.3 Å². The van der Waals surface area contributed by atoms with E-state index >= 15 is 0 Å². The Labute approximate surface area is 172 Å². The number of anilines is 1. The van der Waals surface area contributed by atoms with E-state index in [1.54, 1.807) is 24.3 Å².